The molecule has 2 aliphatic rings. The Hall–Kier alpha value is -3.81. The van der Waals surface area contributed by atoms with Crippen molar-refractivity contribution in [3.8, 4) is 0 Å². The Morgan fingerprint density at radius 2 is 1.68 bits per heavy atom. The Bertz CT molecular complexity index is 1060. The van der Waals surface area contributed by atoms with E-state index < -0.39 is 11.9 Å². The number of hydrogen-bond donors (Lipinski definition) is 2. The van der Waals surface area contributed by atoms with Crippen LogP contribution in [0, 0.1) is 6.92 Å². The molecule has 0 radical (unpaired) electrons. The van der Waals surface area contributed by atoms with E-state index in [1.807, 2.05) is 7.05 Å². The van der Waals surface area contributed by atoms with Gasteiger partial charge in [-0.15, -0.1) is 0 Å². The number of nitrogens with zero attached hydrogens (tertiary/aromatic N) is 3. The molecule has 2 aromatic carbocycles. The largest absolute Gasteiger partial charge is 0.473 e. The van der Waals surface area contributed by atoms with E-state index in [0.717, 1.165) is 44.7 Å². The zero-order valence-electron chi connectivity index (χ0n) is 19.6. The third kappa shape index (κ3) is 6.60. The van der Waals surface area contributed by atoms with E-state index in [1.54, 1.807) is 4.90 Å². The van der Waals surface area contributed by atoms with Gasteiger partial charge in [0.15, 0.2) is 0 Å². The van der Waals surface area contributed by atoms with Gasteiger partial charge in [-0.1, -0.05) is 30.3 Å². The van der Waals surface area contributed by atoms with Crippen molar-refractivity contribution in [3.05, 3.63) is 71.4 Å². The Morgan fingerprint density at radius 1 is 0.971 bits per heavy atom. The number of piperazine rings is 1. The SMILES string of the molecule is Cc1cccc(N2CCN(/C=C/Cc3ccc4c(c3)CCC(=O)N4C)CC2)c1.O=C(O)C(=O)O. The van der Waals surface area contributed by atoms with Gasteiger partial charge in [0.25, 0.3) is 0 Å². The van der Waals surface area contributed by atoms with Crippen LogP contribution >= 0.6 is 0 Å². The molecule has 2 aliphatic heterocycles. The Morgan fingerprint density at radius 3 is 2.32 bits per heavy atom. The molecule has 2 heterocycles. The molecule has 8 nitrogen and oxygen atoms in total. The minimum atomic E-state index is -1.82. The lowest BCUT2D eigenvalue weighted by molar-refractivity contribution is -0.159. The lowest BCUT2D eigenvalue weighted by atomic mass is 9.98. The van der Waals surface area contributed by atoms with Gasteiger partial charge >= 0.3 is 11.9 Å². The highest BCUT2D eigenvalue weighted by molar-refractivity contribution is 6.27. The standard InChI is InChI=1S/C24H29N3O.C2H2O4/c1-19-5-3-7-22(17-19)27-15-13-26(14-16-27)12-4-6-20-8-10-23-21(18-20)9-11-24(28)25(23)2;3-1(4)2(5)6/h3-5,7-8,10,12,17-18H,6,9,11,13-16H2,1-2H3;(H,3,4)(H,5,6)/b12-4+;. The molecule has 0 bridgehead atoms. The highest BCUT2D eigenvalue weighted by Gasteiger charge is 2.20. The number of aliphatic carboxylic acids is 2. The minimum absolute atomic E-state index is 0.213. The van der Waals surface area contributed by atoms with E-state index in [2.05, 4.69) is 71.5 Å². The van der Waals surface area contributed by atoms with Crippen molar-refractivity contribution in [3.63, 3.8) is 0 Å². The molecular formula is C26H31N3O5. The van der Waals surface area contributed by atoms with Crippen molar-refractivity contribution < 1.29 is 24.6 Å². The fraction of sp³-hybridized carbons (Fsp3) is 0.346. The van der Waals surface area contributed by atoms with Gasteiger partial charge in [0, 0.05) is 51.0 Å². The number of allylic oxidation sites excluding steroid dienone is 1. The second-order valence-electron chi connectivity index (χ2n) is 8.48. The molecule has 0 unspecified atom stereocenters. The average molecular weight is 466 g/mol. The molecule has 1 amide bonds. The van der Waals surface area contributed by atoms with Gasteiger partial charge in [-0.05, 0) is 60.9 Å². The Labute approximate surface area is 199 Å². The number of anilines is 2. The third-order valence-corrected chi connectivity index (χ3v) is 6.02. The van der Waals surface area contributed by atoms with Crippen molar-refractivity contribution in [2.24, 2.45) is 0 Å². The number of carbonyl (C=O) groups excluding carboxylic acids is 1. The summed E-state index contributed by atoms with van der Waals surface area (Å²) in [4.78, 5) is 36.7. The summed E-state index contributed by atoms with van der Waals surface area (Å²) in [5.74, 6) is -3.44. The highest BCUT2D eigenvalue weighted by Crippen LogP contribution is 2.27. The van der Waals surface area contributed by atoms with Gasteiger partial charge in [-0.25, -0.2) is 9.59 Å². The smallest absolute Gasteiger partial charge is 0.414 e. The number of aryl methyl sites for hydroxylation is 2. The Balaban J connectivity index is 0.000000481. The fourth-order valence-corrected chi connectivity index (χ4v) is 4.13. The molecule has 34 heavy (non-hydrogen) atoms. The van der Waals surface area contributed by atoms with E-state index in [4.69, 9.17) is 19.8 Å². The number of amides is 1. The zero-order valence-corrected chi connectivity index (χ0v) is 19.6. The van der Waals surface area contributed by atoms with Gasteiger partial charge < -0.3 is 24.9 Å². The van der Waals surface area contributed by atoms with Gasteiger partial charge in [-0.3, -0.25) is 4.79 Å². The second-order valence-corrected chi connectivity index (χ2v) is 8.48. The molecule has 0 atom stereocenters. The van der Waals surface area contributed by atoms with Gasteiger partial charge in [0.05, 0.1) is 0 Å². The summed E-state index contributed by atoms with van der Waals surface area (Å²) < 4.78 is 0. The summed E-state index contributed by atoms with van der Waals surface area (Å²) in [5, 5.41) is 14.8. The summed E-state index contributed by atoms with van der Waals surface area (Å²) >= 11 is 0. The summed E-state index contributed by atoms with van der Waals surface area (Å²) in [6.07, 6.45) is 6.93. The maximum Gasteiger partial charge on any atom is 0.414 e. The molecule has 180 valence electrons. The number of benzene rings is 2. The van der Waals surface area contributed by atoms with E-state index >= 15 is 0 Å². The number of hydrogen-bond acceptors (Lipinski definition) is 5. The molecule has 0 spiro atoms. The van der Waals surface area contributed by atoms with Crippen LogP contribution in [0.25, 0.3) is 0 Å². The predicted octanol–water partition coefficient (Wildman–Crippen LogP) is 2.94. The predicted molar refractivity (Wildman–Crippen MR) is 131 cm³/mol. The quantitative estimate of drug-likeness (QED) is 0.670. The maximum absolute atomic E-state index is 11.8. The summed E-state index contributed by atoms with van der Waals surface area (Å²) in [5.41, 5.74) is 6.33. The number of carboxylic acid groups (broad SMARTS) is 2. The number of rotatable bonds is 4. The van der Waals surface area contributed by atoms with E-state index in [0.29, 0.717) is 6.42 Å². The zero-order chi connectivity index (χ0) is 24.7. The minimum Gasteiger partial charge on any atom is -0.473 e. The van der Waals surface area contributed by atoms with Crippen LogP contribution in [0.3, 0.4) is 0 Å². The molecule has 2 N–H and O–H groups in total. The van der Waals surface area contributed by atoms with Crippen LogP contribution in [-0.4, -0.2) is 66.2 Å². The first-order chi connectivity index (χ1) is 16.2. The molecular weight excluding hydrogens is 434 g/mol. The first-order valence-electron chi connectivity index (χ1n) is 11.3. The van der Waals surface area contributed by atoms with Gasteiger partial charge in [0.1, 0.15) is 0 Å². The van der Waals surface area contributed by atoms with Crippen LogP contribution < -0.4 is 9.80 Å². The third-order valence-electron chi connectivity index (χ3n) is 6.02. The van der Waals surface area contributed by atoms with Crippen molar-refractivity contribution in [1.82, 2.24) is 4.90 Å². The van der Waals surface area contributed by atoms with Crippen LogP contribution in [0.4, 0.5) is 11.4 Å². The van der Waals surface area contributed by atoms with Crippen LogP contribution in [0.2, 0.25) is 0 Å². The second kappa shape index (κ2) is 11.4. The van der Waals surface area contributed by atoms with E-state index in [-0.39, 0.29) is 5.91 Å². The van der Waals surface area contributed by atoms with Gasteiger partial charge in [0.2, 0.25) is 5.91 Å². The molecule has 0 aromatic heterocycles. The monoisotopic (exact) mass is 465 g/mol. The van der Waals surface area contributed by atoms with E-state index in [9.17, 15) is 4.79 Å². The molecule has 4 rings (SSSR count). The first-order valence-corrected chi connectivity index (χ1v) is 11.3. The molecule has 1 saturated heterocycles. The highest BCUT2D eigenvalue weighted by atomic mass is 16.4. The molecule has 0 aliphatic carbocycles. The molecule has 8 heteroatoms. The van der Waals surface area contributed by atoms with Crippen molar-refractivity contribution in [2.45, 2.75) is 26.2 Å². The van der Waals surface area contributed by atoms with E-state index in [1.165, 1.54) is 22.4 Å². The van der Waals surface area contributed by atoms with Crippen LogP contribution in [0.15, 0.2) is 54.7 Å². The average Bonchev–Trinajstić information content (AvgIpc) is 2.82. The summed E-state index contributed by atoms with van der Waals surface area (Å²) in [7, 11) is 1.87. The van der Waals surface area contributed by atoms with Crippen LogP contribution in [0.5, 0.6) is 0 Å². The van der Waals surface area contributed by atoms with Crippen LogP contribution in [0.1, 0.15) is 23.1 Å². The maximum atomic E-state index is 11.8. The van der Waals surface area contributed by atoms with Gasteiger partial charge in [-0.2, -0.15) is 0 Å². The lowest BCUT2D eigenvalue weighted by Crippen LogP contribution is -2.44. The number of carbonyl (C=O) groups is 3. The lowest BCUT2D eigenvalue weighted by Gasteiger charge is -2.35. The molecule has 1 fully saturated rings. The first kappa shape index (κ1) is 24.8. The number of fused-ring (bicyclic) bond motifs is 1. The molecule has 2 aromatic rings. The van der Waals surface area contributed by atoms with Crippen molar-refractivity contribution in [1.29, 1.82) is 0 Å². The topological polar surface area (TPSA) is 101 Å². The fourth-order valence-electron chi connectivity index (χ4n) is 4.13. The number of carboxylic acids is 2. The summed E-state index contributed by atoms with van der Waals surface area (Å²) in [6.45, 7) is 6.39. The van der Waals surface area contributed by atoms with Crippen LogP contribution in [-0.2, 0) is 27.2 Å². The Kier molecular flexibility index (Phi) is 8.29. The normalized spacial score (nSPS) is 15.6. The summed E-state index contributed by atoms with van der Waals surface area (Å²) in [6, 6.07) is 15.3. The van der Waals surface area contributed by atoms with Crippen molar-refractivity contribution >= 4 is 29.2 Å². The van der Waals surface area contributed by atoms with Crippen molar-refractivity contribution in [2.75, 3.05) is 43.0 Å². The molecule has 0 saturated carbocycles.